The second-order valence-electron chi connectivity index (χ2n) is 4.03. The Morgan fingerprint density at radius 3 is 2.65 bits per heavy atom. The highest BCUT2D eigenvalue weighted by atomic mass is 32.2. The lowest BCUT2D eigenvalue weighted by Gasteiger charge is -2.09. The number of amides is 1. The molecule has 1 aromatic carbocycles. The molecule has 0 fully saturated rings. The van der Waals surface area contributed by atoms with E-state index in [9.17, 15) is 4.79 Å². The highest BCUT2D eigenvalue weighted by molar-refractivity contribution is 8.00. The first-order valence-corrected chi connectivity index (χ1v) is 6.74. The van der Waals surface area contributed by atoms with E-state index in [-0.39, 0.29) is 11.2 Å². The second kappa shape index (κ2) is 6.21. The van der Waals surface area contributed by atoms with E-state index in [1.165, 1.54) is 11.8 Å². The molecule has 102 valence electrons. The summed E-state index contributed by atoms with van der Waals surface area (Å²) in [6, 6.07) is 8.69. The van der Waals surface area contributed by atoms with Crippen LogP contribution in [0.3, 0.4) is 0 Å². The molecule has 0 saturated heterocycles. The minimum atomic E-state index is -0.370. The Balaban J connectivity index is 1.95. The Kier molecular flexibility index (Phi) is 4.38. The average molecular weight is 288 g/mol. The molecule has 2 rings (SSSR count). The van der Waals surface area contributed by atoms with Crippen LogP contribution in [0.15, 0.2) is 33.9 Å². The molecule has 6 nitrogen and oxygen atoms in total. The minimum absolute atomic E-state index is 0.171. The van der Waals surface area contributed by atoms with Crippen LogP contribution in [0.25, 0.3) is 0 Å². The van der Waals surface area contributed by atoms with Crippen LogP contribution in [-0.2, 0) is 4.79 Å². The number of aryl methyl sites for hydroxylation is 1. The first-order chi connectivity index (χ1) is 9.58. The van der Waals surface area contributed by atoms with Crippen molar-refractivity contribution in [3.8, 4) is 6.07 Å². The fourth-order valence-electron chi connectivity index (χ4n) is 1.40. The Morgan fingerprint density at radius 1 is 1.40 bits per heavy atom. The summed E-state index contributed by atoms with van der Waals surface area (Å²) in [4.78, 5) is 12.0. The minimum Gasteiger partial charge on any atom is -0.416 e. The predicted octanol–water partition coefficient (Wildman–Crippen LogP) is 2.37. The fraction of sp³-hybridized carbons (Fsp3) is 0.231. The maximum Gasteiger partial charge on any atom is 0.277 e. The molecule has 1 aromatic heterocycles. The Bertz CT molecular complexity index is 645. The summed E-state index contributed by atoms with van der Waals surface area (Å²) < 4.78 is 5.21. The molecule has 0 spiro atoms. The number of benzene rings is 1. The Morgan fingerprint density at radius 2 is 2.10 bits per heavy atom. The third-order valence-electron chi connectivity index (χ3n) is 2.44. The molecule has 1 atom stereocenters. The summed E-state index contributed by atoms with van der Waals surface area (Å²) in [7, 11) is 0. The largest absolute Gasteiger partial charge is 0.416 e. The number of carbonyl (C=O) groups is 1. The van der Waals surface area contributed by atoms with E-state index in [0.29, 0.717) is 22.4 Å². The number of hydrogen-bond acceptors (Lipinski definition) is 6. The van der Waals surface area contributed by atoms with Gasteiger partial charge in [0.15, 0.2) is 0 Å². The number of aromatic nitrogens is 2. The number of nitrogens with zero attached hydrogens (tertiary/aromatic N) is 3. The standard InChI is InChI=1S/C13H12N4O2S/c1-8(20-13-17-16-9(2)19-13)12(18)15-11-5-3-10(7-14)4-6-11/h3-6,8H,1-2H3,(H,15,18). The number of nitrogens with one attached hydrogen (secondary N) is 1. The van der Waals surface area contributed by atoms with Gasteiger partial charge in [-0.25, -0.2) is 0 Å². The molecule has 0 saturated carbocycles. The van der Waals surface area contributed by atoms with Crippen LogP contribution in [0.2, 0.25) is 0 Å². The van der Waals surface area contributed by atoms with Gasteiger partial charge in [0.1, 0.15) is 0 Å². The maximum atomic E-state index is 12.0. The zero-order valence-electron chi connectivity index (χ0n) is 11.0. The molecule has 1 heterocycles. The number of thioether (sulfide) groups is 1. The molecule has 1 amide bonds. The topological polar surface area (TPSA) is 91.8 Å². The summed E-state index contributed by atoms with van der Waals surface area (Å²) >= 11 is 1.19. The number of nitriles is 1. The molecule has 1 unspecified atom stereocenters. The normalized spacial score (nSPS) is 11.7. The molecule has 0 aliphatic heterocycles. The van der Waals surface area contributed by atoms with Gasteiger partial charge in [-0.1, -0.05) is 11.8 Å². The Labute approximate surface area is 120 Å². The average Bonchev–Trinajstić information content (AvgIpc) is 2.85. The summed E-state index contributed by atoms with van der Waals surface area (Å²) in [5.74, 6) is 0.294. The van der Waals surface area contributed by atoms with Gasteiger partial charge in [0, 0.05) is 12.6 Å². The van der Waals surface area contributed by atoms with Gasteiger partial charge in [-0.2, -0.15) is 5.26 Å². The van der Waals surface area contributed by atoms with Crippen molar-refractivity contribution in [1.29, 1.82) is 5.26 Å². The smallest absolute Gasteiger partial charge is 0.277 e. The summed E-state index contributed by atoms with van der Waals surface area (Å²) in [5.41, 5.74) is 1.19. The van der Waals surface area contributed by atoms with Gasteiger partial charge in [0.2, 0.25) is 11.8 Å². The lowest BCUT2D eigenvalue weighted by Crippen LogP contribution is -2.22. The molecular weight excluding hydrogens is 276 g/mol. The maximum absolute atomic E-state index is 12.0. The van der Waals surface area contributed by atoms with E-state index >= 15 is 0 Å². The molecule has 0 bridgehead atoms. The van der Waals surface area contributed by atoms with E-state index < -0.39 is 0 Å². The summed E-state index contributed by atoms with van der Waals surface area (Å²) in [5, 5.41) is 19.0. The van der Waals surface area contributed by atoms with Crippen molar-refractivity contribution in [3.63, 3.8) is 0 Å². The summed E-state index contributed by atoms with van der Waals surface area (Å²) in [6.07, 6.45) is 0. The Hall–Kier alpha value is -2.33. The van der Waals surface area contributed by atoms with Crippen LogP contribution in [0, 0.1) is 18.3 Å². The van der Waals surface area contributed by atoms with E-state index in [0.717, 1.165) is 0 Å². The van der Waals surface area contributed by atoms with E-state index in [2.05, 4.69) is 15.5 Å². The zero-order valence-corrected chi connectivity index (χ0v) is 11.8. The van der Waals surface area contributed by atoms with Gasteiger partial charge in [0.05, 0.1) is 16.9 Å². The highest BCUT2D eigenvalue weighted by Gasteiger charge is 2.17. The van der Waals surface area contributed by atoms with Gasteiger partial charge in [-0.05, 0) is 31.2 Å². The van der Waals surface area contributed by atoms with Crippen molar-refractivity contribution in [1.82, 2.24) is 10.2 Å². The third-order valence-corrected chi connectivity index (χ3v) is 3.37. The van der Waals surface area contributed by atoms with Crippen LogP contribution in [0.4, 0.5) is 5.69 Å². The first-order valence-electron chi connectivity index (χ1n) is 5.86. The van der Waals surface area contributed by atoms with Crippen LogP contribution in [0.5, 0.6) is 0 Å². The van der Waals surface area contributed by atoms with Crippen molar-refractivity contribution in [2.24, 2.45) is 0 Å². The predicted molar refractivity (Wildman–Crippen MR) is 74.1 cm³/mol. The van der Waals surface area contributed by atoms with Gasteiger partial charge >= 0.3 is 0 Å². The monoisotopic (exact) mass is 288 g/mol. The van der Waals surface area contributed by atoms with Crippen LogP contribution < -0.4 is 5.32 Å². The lowest BCUT2D eigenvalue weighted by atomic mass is 10.2. The summed E-state index contributed by atoms with van der Waals surface area (Å²) in [6.45, 7) is 3.45. The van der Waals surface area contributed by atoms with Gasteiger partial charge in [-0.3, -0.25) is 4.79 Å². The molecule has 0 radical (unpaired) electrons. The first kappa shape index (κ1) is 14.1. The SMILES string of the molecule is Cc1nnc(SC(C)C(=O)Nc2ccc(C#N)cc2)o1. The van der Waals surface area contributed by atoms with Crippen LogP contribution >= 0.6 is 11.8 Å². The second-order valence-corrected chi connectivity index (χ2v) is 5.32. The number of hydrogen-bond donors (Lipinski definition) is 1. The zero-order chi connectivity index (χ0) is 14.5. The molecule has 1 N–H and O–H groups in total. The molecule has 20 heavy (non-hydrogen) atoms. The molecule has 0 aliphatic carbocycles. The number of rotatable bonds is 4. The molecule has 7 heteroatoms. The van der Waals surface area contributed by atoms with Crippen molar-refractivity contribution in [3.05, 3.63) is 35.7 Å². The van der Waals surface area contributed by atoms with E-state index in [4.69, 9.17) is 9.68 Å². The van der Waals surface area contributed by atoms with E-state index in [1.54, 1.807) is 38.1 Å². The van der Waals surface area contributed by atoms with Crippen molar-refractivity contribution >= 4 is 23.4 Å². The number of anilines is 1. The lowest BCUT2D eigenvalue weighted by molar-refractivity contribution is -0.115. The molecular formula is C13H12N4O2S. The van der Waals surface area contributed by atoms with Gasteiger partial charge in [0.25, 0.3) is 5.22 Å². The van der Waals surface area contributed by atoms with Crippen molar-refractivity contribution in [2.45, 2.75) is 24.3 Å². The van der Waals surface area contributed by atoms with Crippen molar-refractivity contribution in [2.75, 3.05) is 5.32 Å². The van der Waals surface area contributed by atoms with Gasteiger partial charge in [-0.15, -0.1) is 10.2 Å². The third kappa shape index (κ3) is 3.59. The highest BCUT2D eigenvalue weighted by Crippen LogP contribution is 2.22. The quantitative estimate of drug-likeness (QED) is 0.868. The number of carbonyl (C=O) groups excluding carboxylic acids is 1. The van der Waals surface area contributed by atoms with E-state index in [1.807, 2.05) is 6.07 Å². The fourth-order valence-corrected chi connectivity index (χ4v) is 2.13. The van der Waals surface area contributed by atoms with Crippen LogP contribution in [0.1, 0.15) is 18.4 Å². The van der Waals surface area contributed by atoms with Crippen LogP contribution in [-0.4, -0.2) is 21.4 Å². The van der Waals surface area contributed by atoms with Gasteiger partial charge < -0.3 is 9.73 Å². The molecule has 0 aliphatic rings. The molecule has 2 aromatic rings. The van der Waals surface area contributed by atoms with Crippen molar-refractivity contribution < 1.29 is 9.21 Å².